The van der Waals surface area contributed by atoms with E-state index < -0.39 is 41.4 Å². The lowest BCUT2D eigenvalue weighted by atomic mass is 10.2. The Morgan fingerprint density at radius 1 is 1.04 bits per heavy atom. The summed E-state index contributed by atoms with van der Waals surface area (Å²) in [4.78, 5) is 22.6. The van der Waals surface area contributed by atoms with E-state index in [1.54, 1.807) is 24.3 Å². The molecule has 1 amide bonds. The summed E-state index contributed by atoms with van der Waals surface area (Å²) in [5, 5.41) is 8.68. The van der Waals surface area contributed by atoms with Crippen molar-refractivity contribution in [3.8, 4) is 17.6 Å². The number of hydrogen-bond acceptors (Lipinski definition) is 6. The summed E-state index contributed by atoms with van der Waals surface area (Å²) < 4.78 is 42.3. The summed E-state index contributed by atoms with van der Waals surface area (Å²) in [6.07, 6.45) is 0. The predicted octanol–water partition coefficient (Wildman–Crippen LogP) is 1.94. The Morgan fingerprint density at radius 3 is 2.37 bits per heavy atom. The minimum absolute atomic E-state index is 0.0500. The Bertz CT molecular complexity index is 879. The smallest absolute Gasteiger partial charge is 0.344 e. The molecule has 7 nitrogen and oxygen atoms in total. The van der Waals surface area contributed by atoms with Gasteiger partial charge in [-0.3, -0.25) is 4.79 Å². The molecule has 27 heavy (non-hydrogen) atoms. The minimum atomic E-state index is -1.29. The van der Waals surface area contributed by atoms with Crippen LogP contribution in [0.15, 0.2) is 36.4 Å². The van der Waals surface area contributed by atoms with E-state index in [2.05, 4.69) is 0 Å². The van der Waals surface area contributed by atoms with Crippen molar-refractivity contribution < 1.29 is 32.6 Å². The molecule has 2 rings (SSSR count). The third kappa shape index (κ3) is 5.40. The standard InChI is InChI=1S/C18H14F2N2O5/c19-13-5-6-14(17(20)16(13)18(22)24)27-10-15(23)26-8-7-25-12-3-1-11(9-21)2-4-12/h1-6H,7-8,10H2,(H2,22,24). The van der Waals surface area contributed by atoms with Crippen molar-refractivity contribution in [3.63, 3.8) is 0 Å². The Kier molecular flexibility index (Phi) is 6.66. The molecule has 0 saturated carbocycles. The number of primary amides is 1. The lowest BCUT2D eigenvalue weighted by Gasteiger charge is -2.10. The average molecular weight is 376 g/mol. The molecule has 0 atom stereocenters. The highest BCUT2D eigenvalue weighted by Crippen LogP contribution is 2.23. The highest BCUT2D eigenvalue weighted by molar-refractivity contribution is 5.93. The molecular weight excluding hydrogens is 362 g/mol. The van der Waals surface area contributed by atoms with Crippen molar-refractivity contribution >= 4 is 11.9 Å². The van der Waals surface area contributed by atoms with Gasteiger partial charge in [0.15, 0.2) is 18.2 Å². The van der Waals surface area contributed by atoms with Crippen LogP contribution in [0, 0.1) is 23.0 Å². The third-order valence-electron chi connectivity index (χ3n) is 3.25. The minimum Gasteiger partial charge on any atom is -0.490 e. The quantitative estimate of drug-likeness (QED) is 0.557. The highest BCUT2D eigenvalue weighted by Gasteiger charge is 2.19. The first-order chi connectivity index (χ1) is 12.9. The van der Waals surface area contributed by atoms with E-state index >= 15 is 0 Å². The molecule has 0 fully saturated rings. The van der Waals surface area contributed by atoms with Gasteiger partial charge in [0, 0.05) is 0 Å². The number of benzene rings is 2. The van der Waals surface area contributed by atoms with Gasteiger partial charge in [0.25, 0.3) is 5.91 Å². The zero-order chi connectivity index (χ0) is 19.8. The fourth-order valence-corrected chi connectivity index (χ4v) is 1.99. The Hall–Kier alpha value is -3.67. The average Bonchev–Trinajstić information content (AvgIpc) is 2.65. The van der Waals surface area contributed by atoms with Gasteiger partial charge in [-0.2, -0.15) is 5.26 Å². The third-order valence-corrected chi connectivity index (χ3v) is 3.25. The van der Waals surface area contributed by atoms with E-state index in [1.165, 1.54) is 0 Å². The van der Waals surface area contributed by atoms with E-state index in [4.69, 9.17) is 25.2 Å². The number of rotatable bonds is 8. The summed E-state index contributed by atoms with van der Waals surface area (Å²) >= 11 is 0. The van der Waals surface area contributed by atoms with Crippen LogP contribution in [0.3, 0.4) is 0 Å². The van der Waals surface area contributed by atoms with Crippen LogP contribution in [-0.4, -0.2) is 31.7 Å². The topological polar surface area (TPSA) is 112 Å². The largest absolute Gasteiger partial charge is 0.490 e. The lowest BCUT2D eigenvalue weighted by Crippen LogP contribution is -2.20. The number of amides is 1. The van der Waals surface area contributed by atoms with Crippen molar-refractivity contribution in [1.29, 1.82) is 5.26 Å². The second kappa shape index (κ2) is 9.15. The number of esters is 1. The Labute approximate surface area is 152 Å². The lowest BCUT2D eigenvalue weighted by molar-refractivity contribution is -0.146. The first-order valence-corrected chi connectivity index (χ1v) is 7.61. The van der Waals surface area contributed by atoms with Gasteiger partial charge in [-0.1, -0.05) is 0 Å². The molecule has 0 unspecified atom stereocenters. The van der Waals surface area contributed by atoms with Gasteiger partial charge in [0.1, 0.15) is 30.3 Å². The molecule has 2 aromatic carbocycles. The number of halogens is 2. The van der Waals surface area contributed by atoms with Crippen LogP contribution in [0.1, 0.15) is 15.9 Å². The molecule has 0 aliphatic heterocycles. The number of hydrogen-bond donors (Lipinski definition) is 1. The highest BCUT2D eigenvalue weighted by atomic mass is 19.1. The second-order valence-corrected chi connectivity index (χ2v) is 5.09. The van der Waals surface area contributed by atoms with Crippen LogP contribution in [-0.2, 0) is 9.53 Å². The fraction of sp³-hybridized carbons (Fsp3) is 0.167. The molecule has 0 spiro atoms. The summed E-state index contributed by atoms with van der Waals surface area (Å²) in [6, 6.07) is 10.0. The van der Waals surface area contributed by atoms with Gasteiger partial charge in [-0.15, -0.1) is 0 Å². The Balaban J connectivity index is 1.77. The maximum absolute atomic E-state index is 13.9. The van der Waals surface area contributed by atoms with Gasteiger partial charge in [-0.25, -0.2) is 13.6 Å². The summed E-state index contributed by atoms with van der Waals surface area (Å²) in [6.45, 7) is -0.702. The van der Waals surface area contributed by atoms with E-state index in [1.807, 2.05) is 6.07 Å². The molecule has 0 aliphatic rings. The summed E-state index contributed by atoms with van der Waals surface area (Å²) in [7, 11) is 0. The molecule has 0 aliphatic carbocycles. The van der Waals surface area contributed by atoms with Gasteiger partial charge in [0.05, 0.1) is 11.6 Å². The van der Waals surface area contributed by atoms with Crippen LogP contribution in [0.5, 0.6) is 11.5 Å². The van der Waals surface area contributed by atoms with Crippen molar-refractivity contribution in [3.05, 3.63) is 59.2 Å². The number of nitrogens with zero attached hydrogens (tertiary/aromatic N) is 1. The molecule has 0 bridgehead atoms. The second-order valence-electron chi connectivity index (χ2n) is 5.09. The number of carbonyl (C=O) groups is 2. The predicted molar refractivity (Wildman–Crippen MR) is 88.0 cm³/mol. The van der Waals surface area contributed by atoms with Crippen LogP contribution >= 0.6 is 0 Å². The molecule has 0 saturated heterocycles. The zero-order valence-corrected chi connectivity index (χ0v) is 13.9. The molecule has 0 aromatic heterocycles. The van der Waals surface area contributed by atoms with Gasteiger partial charge in [0.2, 0.25) is 0 Å². The van der Waals surface area contributed by atoms with Gasteiger partial charge in [-0.05, 0) is 36.4 Å². The van der Waals surface area contributed by atoms with Crippen molar-refractivity contribution in [2.45, 2.75) is 0 Å². The maximum Gasteiger partial charge on any atom is 0.344 e. The van der Waals surface area contributed by atoms with E-state index in [0.717, 1.165) is 12.1 Å². The SMILES string of the molecule is N#Cc1ccc(OCCOC(=O)COc2ccc(F)c(C(N)=O)c2F)cc1. The fourth-order valence-electron chi connectivity index (χ4n) is 1.99. The summed E-state index contributed by atoms with van der Waals surface area (Å²) in [5.74, 6) is -4.54. The van der Waals surface area contributed by atoms with Gasteiger partial charge >= 0.3 is 5.97 Å². The van der Waals surface area contributed by atoms with Crippen LogP contribution in [0.4, 0.5) is 8.78 Å². The Morgan fingerprint density at radius 2 is 1.74 bits per heavy atom. The van der Waals surface area contributed by atoms with E-state index in [-0.39, 0.29) is 13.2 Å². The number of nitriles is 1. The van der Waals surface area contributed by atoms with E-state index in [0.29, 0.717) is 11.3 Å². The zero-order valence-electron chi connectivity index (χ0n) is 13.9. The normalized spacial score (nSPS) is 9.96. The molecule has 2 N–H and O–H groups in total. The maximum atomic E-state index is 13.9. The molecule has 9 heteroatoms. The molecule has 0 heterocycles. The van der Waals surface area contributed by atoms with Gasteiger partial charge < -0.3 is 19.9 Å². The monoisotopic (exact) mass is 376 g/mol. The number of ether oxygens (including phenoxy) is 3. The number of carbonyl (C=O) groups excluding carboxylic acids is 2. The van der Waals surface area contributed by atoms with Crippen molar-refractivity contribution in [2.24, 2.45) is 5.73 Å². The van der Waals surface area contributed by atoms with Crippen LogP contribution in [0.25, 0.3) is 0 Å². The van der Waals surface area contributed by atoms with Crippen LogP contribution in [0.2, 0.25) is 0 Å². The van der Waals surface area contributed by atoms with Crippen molar-refractivity contribution in [1.82, 2.24) is 0 Å². The first kappa shape index (κ1) is 19.7. The molecule has 140 valence electrons. The van der Waals surface area contributed by atoms with E-state index in [9.17, 15) is 18.4 Å². The molecule has 2 aromatic rings. The summed E-state index contributed by atoms with van der Waals surface area (Å²) in [5.41, 5.74) is 4.43. The van der Waals surface area contributed by atoms with Crippen molar-refractivity contribution in [2.75, 3.05) is 19.8 Å². The molecule has 0 radical (unpaired) electrons. The molecular formula is C18H14F2N2O5. The van der Waals surface area contributed by atoms with Crippen LogP contribution < -0.4 is 15.2 Å². The number of nitrogens with two attached hydrogens (primary N) is 1. The first-order valence-electron chi connectivity index (χ1n) is 7.61.